The first-order chi connectivity index (χ1) is 14.8. The summed E-state index contributed by atoms with van der Waals surface area (Å²) < 4.78 is 11.2. The molecular weight excluding hydrogens is 380 g/mol. The molecule has 1 saturated heterocycles. The van der Waals surface area contributed by atoms with Gasteiger partial charge in [0.05, 0.1) is 0 Å². The van der Waals surface area contributed by atoms with Gasteiger partial charge in [0.15, 0.2) is 5.96 Å². The van der Waals surface area contributed by atoms with Gasteiger partial charge in [0.1, 0.15) is 6.54 Å². The Labute approximate surface area is 180 Å². The van der Waals surface area contributed by atoms with Gasteiger partial charge in [-0.2, -0.15) is 0 Å². The number of hydrogen-bond donors (Lipinski definition) is 2. The molecule has 30 heavy (non-hydrogen) atoms. The van der Waals surface area contributed by atoms with Gasteiger partial charge in [0, 0.05) is 51.7 Å². The van der Waals surface area contributed by atoms with E-state index in [9.17, 15) is 4.79 Å². The number of ether oxygens (including phenoxy) is 2. The maximum Gasteiger partial charge on any atom is 0.248 e. The number of benzene rings is 1. The fraction of sp³-hybridized carbons (Fsp3) is 0.652. The van der Waals surface area contributed by atoms with Crippen LogP contribution in [0.2, 0.25) is 0 Å². The highest BCUT2D eigenvalue weighted by molar-refractivity contribution is 5.97. The van der Waals surface area contributed by atoms with Crippen LogP contribution < -0.4 is 15.5 Å². The molecule has 7 nitrogen and oxygen atoms in total. The third-order valence-corrected chi connectivity index (χ3v) is 5.58. The molecule has 1 amide bonds. The molecule has 0 radical (unpaired) electrons. The highest BCUT2D eigenvalue weighted by Gasteiger charge is 2.21. The summed E-state index contributed by atoms with van der Waals surface area (Å²) in [6, 6.07) is 8.16. The topological polar surface area (TPSA) is 75.2 Å². The second-order valence-electron chi connectivity index (χ2n) is 7.88. The van der Waals surface area contributed by atoms with Gasteiger partial charge in [-0.15, -0.1) is 0 Å². The Bertz CT molecular complexity index is 689. The number of hydrogen-bond acceptors (Lipinski definition) is 4. The molecule has 0 spiro atoms. The van der Waals surface area contributed by atoms with Gasteiger partial charge in [0.2, 0.25) is 5.91 Å². The van der Waals surface area contributed by atoms with Crippen LogP contribution in [0.1, 0.15) is 38.2 Å². The summed E-state index contributed by atoms with van der Waals surface area (Å²) >= 11 is 0. The van der Waals surface area contributed by atoms with E-state index >= 15 is 0 Å². The van der Waals surface area contributed by atoms with Crippen molar-refractivity contribution >= 4 is 17.6 Å². The quantitative estimate of drug-likeness (QED) is 0.367. The van der Waals surface area contributed by atoms with E-state index in [1.807, 2.05) is 30.0 Å². The summed E-state index contributed by atoms with van der Waals surface area (Å²) in [5.74, 6) is 1.36. The number of para-hydroxylation sites is 1. The number of aryl methyl sites for hydroxylation is 1. The van der Waals surface area contributed by atoms with E-state index in [0.717, 1.165) is 83.9 Å². The number of fused-ring (bicyclic) bond motifs is 1. The molecule has 2 aliphatic heterocycles. The van der Waals surface area contributed by atoms with Crippen LogP contribution in [-0.4, -0.2) is 64.5 Å². The molecule has 0 bridgehead atoms. The summed E-state index contributed by atoms with van der Waals surface area (Å²) in [6.45, 7) is 7.73. The smallest absolute Gasteiger partial charge is 0.248 e. The molecule has 0 saturated carbocycles. The normalized spacial score (nSPS) is 17.5. The van der Waals surface area contributed by atoms with Crippen LogP contribution in [0.15, 0.2) is 29.3 Å². The number of carbonyl (C=O) groups is 1. The molecule has 2 N–H and O–H groups in total. The number of aliphatic imine (C=N–C) groups is 1. The molecule has 0 atom stereocenters. The van der Waals surface area contributed by atoms with Crippen LogP contribution in [0.5, 0.6) is 0 Å². The van der Waals surface area contributed by atoms with E-state index in [0.29, 0.717) is 11.9 Å². The molecule has 7 heteroatoms. The number of carbonyl (C=O) groups excluding carboxylic acids is 1. The largest absolute Gasteiger partial charge is 0.381 e. The monoisotopic (exact) mass is 416 g/mol. The van der Waals surface area contributed by atoms with Gasteiger partial charge in [0.25, 0.3) is 0 Å². The van der Waals surface area contributed by atoms with Gasteiger partial charge in [-0.1, -0.05) is 18.2 Å². The number of amides is 1. The molecule has 166 valence electrons. The summed E-state index contributed by atoms with van der Waals surface area (Å²) in [5.41, 5.74) is 2.27. The Balaban J connectivity index is 1.39. The molecular formula is C23H36N4O3. The van der Waals surface area contributed by atoms with Crippen molar-refractivity contribution in [2.45, 2.75) is 39.0 Å². The van der Waals surface area contributed by atoms with E-state index in [2.05, 4.69) is 21.7 Å². The molecule has 3 rings (SSSR count). The first-order valence-electron chi connectivity index (χ1n) is 11.3. The highest BCUT2D eigenvalue weighted by atomic mass is 16.5. The SMILES string of the molecule is CCNC(=NCC(=O)N1CCCc2ccccc21)NCCCOCC1CCOCC1. The minimum Gasteiger partial charge on any atom is -0.381 e. The van der Waals surface area contributed by atoms with E-state index in [4.69, 9.17) is 9.47 Å². The van der Waals surface area contributed by atoms with Crippen LogP contribution >= 0.6 is 0 Å². The zero-order valence-corrected chi connectivity index (χ0v) is 18.2. The fourth-order valence-corrected chi connectivity index (χ4v) is 3.91. The van der Waals surface area contributed by atoms with Crippen LogP contribution in [-0.2, 0) is 20.7 Å². The van der Waals surface area contributed by atoms with Crippen molar-refractivity contribution in [3.8, 4) is 0 Å². The lowest BCUT2D eigenvalue weighted by Gasteiger charge is -2.29. The first-order valence-corrected chi connectivity index (χ1v) is 11.3. The maximum atomic E-state index is 12.8. The van der Waals surface area contributed by atoms with Gasteiger partial charge >= 0.3 is 0 Å². The van der Waals surface area contributed by atoms with Gasteiger partial charge in [-0.3, -0.25) is 4.79 Å². The van der Waals surface area contributed by atoms with E-state index in [1.54, 1.807) is 0 Å². The van der Waals surface area contributed by atoms with Crippen molar-refractivity contribution in [1.82, 2.24) is 10.6 Å². The molecule has 1 aromatic carbocycles. The lowest BCUT2D eigenvalue weighted by Crippen LogP contribution is -2.41. The second-order valence-corrected chi connectivity index (χ2v) is 7.88. The van der Waals surface area contributed by atoms with E-state index < -0.39 is 0 Å². The predicted molar refractivity (Wildman–Crippen MR) is 120 cm³/mol. The Morgan fingerprint density at radius 1 is 1.27 bits per heavy atom. The number of guanidine groups is 1. The van der Waals surface area contributed by atoms with Gasteiger partial charge in [-0.05, 0) is 56.6 Å². The van der Waals surface area contributed by atoms with Crippen molar-refractivity contribution in [1.29, 1.82) is 0 Å². The minimum atomic E-state index is 0.0409. The molecule has 1 aromatic rings. The third kappa shape index (κ3) is 6.99. The molecule has 0 aliphatic carbocycles. The van der Waals surface area contributed by atoms with Gasteiger partial charge in [-0.25, -0.2) is 4.99 Å². The number of anilines is 1. The zero-order chi connectivity index (χ0) is 21.0. The number of nitrogens with one attached hydrogen (secondary N) is 2. The van der Waals surface area contributed by atoms with Crippen molar-refractivity contribution in [2.75, 3.05) is 57.5 Å². The standard InChI is InChI=1S/C23H36N4O3/c1-2-24-23(25-12-6-14-30-18-19-10-15-29-16-11-19)26-17-22(28)27-13-5-8-20-7-3-4-9-21(20)27/h3-4,7,9,19H,2,5-6,8,10-18H2,1H3,(H2,24,25,26). The summed E-state index contributed by atoms with van der Waals surface area (Å²) in [7, 11) is 0. The first kappa shape index (κ1) is 22.6. The van der Waals surface area contributed by atoms with Crippen LogP contribution in [0.25, 0.3) is 0 Å². The Morgan fingerprint density at radius 3 is 2.93 bits per heavy atom. The molecule has 1 fully saturated rings. The highest BCUT2D eigenvalue weighted by Crippen LogP contribution is 2.26. The number of rotatable bonds is 9. The van der Waals surface area contributed by atoms with E-state index in [1.165, 1.54) is 5.56 Å². The molecule has 0 aromatic heterocycles. The Morgan fingerprint density at radius 2 is 2.10 bits per heavy atom. The Kier molecular flexibility index (Phi) is 9.44. The summed E-state index contributed by atoms with van der Waals surface area (Å²) in [5, 5.41) is 6.52. The molecule has 0 unspecified atom stereocenters. The average Bonchev–Trinajstić information content (AvgIpc) is 2.79. The average molecular weight is 417 g/mol. The second kappa shape index (κ2) is 12.5. The minimum absolute atomic E-state index is 0.0409. The predicted octanol–water partition coefficient (Wildman–Crippen LogP) is 2.35. The van der Waals surface area contributed by atoms with Crippen molar-refractivity contribution in [2.24, 2.45) is 10.9 Å². The Hall–Kier alpha value is -2.12. The van der Waals surface area contributed by atoms with Gasteiger partial charge < -0.3 is 25.0 Å². The molecule has 2 aliphatic rings. The third-order valence-electron chi connectivity index (χ3n) is 5.58. The summed E-state index contributed by atoms with van der Waals surface area (Å²) in [4.78, 5) is 19.1. The van der Waals surface area contributed by atoms with Crippen LogP contribution in [0, 0.1) is 5.92 Å². The van der Waals surface area contributed by atoms with E-state index in [-0.39, 0.29) is 12.5 Å². The van der Waals surface area contributed by atoms with Crippen LogP contribution in [0.3, 0.4) is 0 Å². The number of nitrogens with zero attached hydrogens (tertiary/aromatic N) is 2. The van der Waals surface area contributed by atoms with Crippen LogP contribution in [0.4, 0.5) is 5.69 Å². The molecule has 2 heterocycles. The van der Waals surface area contributed by atoms with Crippen molar-refractivity contribution < 1.29 is 14.3 Å². The zero-order valence-electron chi connectivity index (χ0n) is 18.2. The van der Waals surface area contributed by atoms with Crippen molar-refractivity contribution in [3.63, 3.8) is 0 Å². The fourth-order valence-electron chi connectivity index (χ4n) is 3.91. The maximum absolute atomic E-state index is 12.8. The summed E-state index contributed by atoms with van der Waals surface area (Å²) in [6.07, 6.45) is 5.14. The van der Waals surface area contributed by atoms with Crippen molar-refractivity contribution in [3.05, 3.63) is 29.8 Å². The lowest BCUT2D eigenvalue weighted by molar-refractivity contribution is -0.117. The lowest BCUT2D eigenvalue weighted by atomic mass is 10.0.